The lowest BCUT2D eigenvalue weighted by molar-refractivity contribution is 0.248. The summed E-state index contributed by atoms with van der Waals surface area (Å²) in [6, 6.07) is 6.59. The van der Waals surface area contributed by atoms with Gasteiger partial charge in [0.1, 0.15) is 0 Å². The molecule has 1 aliphatic rings. The average molecular weight is 327 g/mol. The Morgan fingerprint density at radius 3 is 2.84 bits per heavy atom. The van der Waals surface area contributed by atoms with Crippen LogP contribution in [0.4, 0.5) is 5.69 Å². The molecule has 1 saturated heterocycles. The number of halogens is 1. The molecular formula is C15H23BrN2O. The maximum Gasteiger partial charge on any atom is 0.0601 e. The van der Waals surface area contributed by atoms with Gasteiger partial charge in [-0.15, -0.1) is 0 Å². The van der Waals surface area contributed by atoms with Gasteiger partial charge in [0.15, 0.2) is 0 Å². The number of nitrogens with one attached hydrogen (secondary N) is 1. The van der Waals surface area contributed by atoms with E-state index in [1.54, 1.807) is 0 Å². The van der Waals surface area contributed by atoms with Crippen LogP contribution < -0.4 is 10.2 Å². The van der Waals surface area contributed by atoms with Gasteiger partial charge in [0.25, 0.3) is 0 Å². The number of hydrogen-bond donors (Lipinski definition) is 2. The first-order valence-corrected chi connectivity index (χ1v) is 7.61. The standard InChI is InChI=1S/C15H23BrN2O/c1-11-4-5-14(13(16)8-11)18-9-12(10-19)17-7-6-15(18,2)3/h4-5,8,12,17,19H,6-7,9-10H2,1-3H3. The maximum absolute atomic E-state index is 9.46. The molecule has 1 aromatic carbocycles. The summed E-state index contributed by atoms with van der Waals surface area (Å²) in [5.74, 6) is 0. The summed E-state index contributed by atoms with van der Waals surface area (Å²) in [5.41, 5.74) is 2.53. The molecular weight excluding hydrogens is 304 g/mol. The Labute approximate surface area is 124 Å². The molecule has 1 atom stereocenters. The minimum atomic E-state index is 0.0781. The van der Waals surface area contributed by atoms with E-state index < -0.39 is 0 Å². The summed E-state index contributed by atoms with van der Waals surface area (Å²) >= 11 is 3.68. The van der Waals surface area contributed by atoms with Gasteiger partial charge in [-0.05, 0) is 67.4 Å². The second kappa shape index (κ2) is 5.81. The quantitative estimate of drug-likeness (QED) is 0.877. The van der Waals surface area contributed by atoms with Crippen LogP contribution in [0.25, 0.3) is 0 Å². The fraction of sp³-hybridized carbons (Fsp3) is 0.600. The van der Waals surface area contributed by atoms with Gasteiger partial charge < -0.3 is 15.3 Å². The first-order chi connectivity index (χ1) is 8.94. The van der Waals surface area contributed by atoms with E-state index in [1.165, 1.54) is 11.3 Å². The first-order valence-electron chi connectivity index (χ1n) is 6.82. The molecule has 4 heteroatoms. The number of benzene rings is 1. The van der Waals surface area contributed by atoms with Gasteiger partial charge in [-0.1, -0.05) is 6.07 Å². The average Bonchev–Trinajstić information content (AvgIpc) is 2.48. The topological polar surface area (TPSA) is 35.5 Å². The highest BCUT2D eigenvalue weighted by Gasteiger charge is 2.32. The third-order valence-electron chi connectivity index (χ3n) is 3.92. The minimum absolute atomic E-state index is 0.0781. The van der Waals surface area contributed by atoms with Crippen molar-refractivity contribution in [3.63, 3.8) is 0 Å². The molecule has 1 aromatic rings. The third kappa shape index (κ3) is 3.30. The molecule has 0 radical (unpaired) electrons. The van der Waals surface area contributed by atoms with Gasteiger partial charge in [0.05, 0.1) is 12.3 Å². The molecule has 0 saturated carbocycles. The van der Waals surface area contributed by atoms with E-state index in [2.05, 4.69) is 65.1 Å². The predicted molar refractivity (Wildman–Crippen MR) is 83.8 cm³/mol. The lowest BCUT2D eigenvalue weighted by Crippen LogP contribution is -2.47. The molecule has 2 N–H and O–H groups in total. The third-order valence-corrected chi connectivity index (χ3v) is 4.55. The number of aryl methyl sites for hydroxylation is 1. The Morgan fingerprint density at radius 2 is 2.21 bits per heavy atom. The van der Waals surface area contributed by atoms with Crippen molar-refractivity contribution in [3.05, 3.63) is 28.2 Å². The van der Waals surface area contributed by atoms with E-state index in [9.17, 15) is 5.11 Å². The van der Waals surface area contributed by atoms with Crippen LogP contribution in [0.3, 0.4) is 0 Å². The Morgan fingerprint density at radius 1 is 1.47 bits per heavy atom. The fourth-order valence-electron chi connectivity index (χ4n) is 2.63. The first kappa shape index (κ1) is 14.8. The van der Waals surface area contributed by atoms with Gasteiger partial charge in [-0.2, -0.15) is 0 Å². The van der Waals surface area contributed by atoms with Crippen LogP contribution in [0.15, 0.2) is 22.7 Å². The van der Waals surface area contributed by atoms with Crippen molar-refractivity contribution in [2.45, 2.75) is 38.8 Å². The molecule has 3 nitrogen and oxygen atoms in total. The van der Waals surface area contributed by atoms with Crippen molar-refractivity contribution >= 4 is 21.6 Å². The Hall–Kier alpha value is -0.580. The Bertz CT molecular complexity index is 448. The molecule has 1 aliphatic heterocycles. The summed E-state index contributed by atoms with van der Waals surface area (Å²) in [6.07, 6.45) is 1.06. The zero-order valence-electron chi connectivity index (χ0n) is 11.9. The summed E-state index contributed by atoms with van der Waals surface area (Å²) in [5, 5.41) is 12.9. The molecule has 0 amide bonds. The highest BCUT2D eigenvalue weighted by Crippen LogP contribution is 2.34. The van der Waals surface area contributed by atoms with Crippen LogP contribution >= 0.6 is 15.9 Å². The molecule has 106 valence electrons. The Balaban J connectivity index is 2.36. The van der Waals surface area contributed by atoms with Crippen molar-refractivity contribution in [1.82, 2.24) is 5.32 Å². The zero-order chi connectivity index (χ0) is 14.0. The van der Waals surface area contributed by atoms with E-state index in [0.717, 1.165) is 24.0 Å². The van der Waals surface area contributed by atoms with E-state index in [0.29, 0.717) is 0 Å². The van der Waals surface area contributed by atoms with Gasteiger partial charge in [0.2, 0.25) is 0 Å². The highest BCUT2D eigenvalue weighted by molar-refractivity contribution is 9.10. The number of nitrogens with zero attached hydrogens (tertiary/aromatic N) is 1. The van der Waals surface area contributed by atoms with Crippen molar-refractivity contribution in [2.24, 2.45) is 0 Å². The van der Waals surface area contributed by atoms with E-state index in [1.807, 2.05) is 0 Å². The van der Waals surface area contributed by atoms with Crippen LogP contribution in [0, 0.1) is 6.92 Å². The van der Waals surface area contributed by atoms with Crippen LogP contribution in [0.2, 0.25) is 0 Å². The maximum atomic E-state index is 9.46. The lowest BCUT2D eigenvalue weighted by atomic mass is 9.97. The monoisotopic (exact) mass is 326 g/mol. The van der Waals surface area contributed by atoms with E-state index in [-0.39, 0.29) is 18.2 Å². The number of anilines is 1. The SMILES string of the molecule is Cc1ccc(N2CC(CO)NCCC2(C)C)c(Br)c1. The van der Waals surface area contributed by atoms with Crippen LogP contribution in [0.1, 0.15) is 25.8 Å². The van der Waals surface area contributed by atoms with Gasteiger partial charge in [-0.3, -0.25) is 0 Å². The number of aliphatic hydroxyl groups is 1. The van der Waals surface area contributed by atoms with Gasteiger partial charge >= 0.3 is 0 Å². The summed E-state index contributed by atoms with van der Waals surface area (Å²) < 4.78 is 1.12. The normalized spacial score (nSPS) is 23.2. The molecule has 2 rings (SSSR count). The zero-order valence-corrected chi connectivity index (χ0v) is 13.5. The molecule has 1 unspecified atom stereocenters. The molecule has 0 spiro atoms. The van der Waals surface area contributed by atoms with Gasteiger partial charge in [-0.25, -0.2) is 0 Å². The molecule has 19 heavy (non-hydrogen) atoms. The summed E-state index contributed by atoms with van der Waals surface area (Å²) in [6.45, 7) is 8.57. The lowest BCUT2D eigenvalue weighted by Gasteiger charge is -2.40. The Kier molecular flexibility index (Phi) is 4.54. The number of aliphatic hydroxyl groups excluding tert-OH is 1. The molecule has 1 heterocycles. The summed E-state index contributed by atoms with van der Waals surface area (Å²) in [4.78, 5) is 2.40. The fourth-order valence-corrected chi connectivity index (χ4v) is 3.33. The van der Waals surface area contributed by atoms with E-state index in [4.69, 9.17) is 0 Å². The summed E-state index contributed by atoms with van der Waals surface area (Å²) in [7, 11) is 0. The van der Waals surface area contributed by atoms with Crippen LogP contribution in [-0.2, 0) is 0 Å². The molecule has 0 aromatic heterocycles. The second-order valence-electron chi connectivity index (χ2n) is 5.96. The highest BCUT2D eigenvalue weighted by atomic mass is 79.9. The minimum Gasteiger partial charge on any atom is -0.395 e. The van der Waals surface area contributed by atoms with E-state index >= 15 is 0 Å². The van der Waals surface area contributed by atoms with Gasteiger partial charge in [0, 0.05) is 22.6 Å². The van der Waals surface area contributed by atoms with Crippen LogP contribution in [0.5, 0.6) is 0 Å². The van der Waals surface area contributed by atoms with Crippen LogP contribution in [-0.4, -0.2) is 36.4 Å². The predicted octanol–water partition coefficient (Wildman–Crippen LogP) is 2.70. The number of rotatable bonds is 2. The van der Waals surface area contributed by atoms with Crippen molar-refractivity contribution < 1.29 is 5.11 Å². The van der Waals surface area contributed by atoms with Crippen molar-refractivity contribution in [1.29, 1.82) is 0 Å². The second-order valence-corrected chi connectivity index (χ2v) is 6.82. The van der Waals surface area contributed by atoms with Crippen molar-refractivity contribution in [2.75, 3.05) is 24.6 Å². The smallest absolute Gasteiger partial charge is 0.0601 e. The largest absolute Gasteiger partial charge is 0.395 e. The molecule has 0 aliphatic carbocycles. The molecule has 0 bridgehead atoms. The van der Waals surface area contributed by atoms with Crippen molar-refractivity contribution in [3.8, 4) is 0 Å². The molecule has 1 fully saturated rings. The number of hydrogen-bond acceptors (Lipinski definition) is 3.